The molecule has 0 bridgehead atoms. The first kappa shape index (κ1) is 48.1. The number of hydrogen-bond acceptors (Lipinski definition) is 22. The molecule has 322 valence electrons. The maximum atomic E-state index is 12.4. The molecule has 1 aliphatic rings. The number of carbonyl (C=O) groups excluding carboxylic acids is 5. The lowest BCUT2D eigenvalue weighted by atomic mass is 9.98. The first-order valence-electron chi connectivity index (χ1n) is 17.0. The van der Waals surface area contributed by atoms with Gasteiger partial charge < -0.3 is 43.4 Å². The van der Waals surface area contributed by atoms with E-state index in [9.17, 15) is 74.6 Å². The van der Waals surface area contributed by atoms with Gasteiger partial charge in [0.2, 0.25) is 32.0 Å². The largest absolute Gasteiger partial charge is 0.507 e. The monoisotopic (exact) mass is 842 g/mol. The standard InChI is InChI=1S/C18H24N4O18.C15H14O4/c23-11(1-5-19(28)29)36-9-10-15(38-12(24)2-6-20(30)31)16(39-13(25)3-7-21(32)33)17(18(27)37-10)40-14(26)4-8-22(34)35;1-18-11-8-12(16)14(13(9-11)19-2)15(17)10-6-4-3-5-7-10/h10,15-18,27H,1-9H2;3-9,16H,1-2H3. The maximum absolute atomic E-state index is 12.4. The summed E-state index contributed by atoms with van der Waals surface area (Å²) in [6.07, 6.45) is -13.2. The number of nitro groups is 4. The van der Waals surface area contributed by atoms with Gasteiger partial charge in [-0.3, -0.25) is 64.4 Å². The minimum absolute atomic E-state index is 0.134. The Bertz CT molecular complexity index is 1840. The third kappa shape index (κ3) is 16.5. The molecular weight excluding hydrogens is 804 g/mol. The third-order valence-corrected chi connectivity index (χ3v) is 7.59. The second-order valence-corrected chi connectivity index (χ2v) is 11.8. The summed E-state index contributed by atoms with van der Waals surface area (Å²) in [7, 11) is 2.92. The maximum Gasteiger partial charge on any atom is 0.313 e. The number of aliphatic hydroxyl groups is 1. The number of benzene rings is 2. The molecule has 2 aromatic rings. The highest BCUT2D eigenvalue weighted by Gasteiger charge is 2.52. The minimum Gasteiger partial charge on any atom is -0.507 e. The van der Waals surface area contributed by atoms with Gasteiger partial charge in [0.25, 0.3) is 0 Å². The Morgan fingerprint density at radius 3 is 1.58 bits per heavy atom. The van der Waals surface area contributed by atoms with E-state index in [1.165, 1.54) is 20.3 Å². The van der Waals surface area contributed by atoms with Crippen molar-refractivity contribution in [3.05, 3.63) is 94.0 Å². The number of aliphatic hydroxyl groups excluding tert-OH is 1. The predicted molar refractivity (Wildman–Crippen MR) is 188 cm³/mol. The SMILES string of the molecule is COc1cc(O)c(C(=O)c2ccccc2)c(OC)c1.O=C(CC[N+](=O)[O-])OCC1OC(O)C(OC(=O)CC[N+](=O)[O-])C(OC(=O)CC[N+](=O)[O-])C1OC(=O)CC[N+](=O)[O-]. The van der Waals surface area contributed by atoms with E-state index < -0.39 is 133 Å². The zero-order valence-electron chi connectivity index (χ0n) is 31.1. The van der Waals surface area contributed by atoms with Gasteiger partial charge in [-0.05, 0) is 0 Å². The van der Waals surface area contributed by atoms with Gasteiger partial charge >= 0.3 is 23.9 Å². The molecule has 0 aliphatic carbocycles. The van der Waals surface area contributed by atoms with Crippen LogP contribution in [0.4, 0.5) is 0 Å². The Balaban J connectivity index is 0.000000521. The number of hydrogen-bond donors (Lipinski definition) is 2. The Morgan fingerprint density at radius 2 is 1.12 bits per heavy atom. The summed E-state index contributed by atoms with van der Waals surface area (Å²) in [6.45, 7) is -4.46. The summed E-state index contributed by atoms with van der Waals surface area (Å²) in [5.74, 6) is -4.81. The zero-order valence-corrected chi connectivity index (χ0v) is 31.1. The van der Waals surface area contributed by atoms with Crippen molar-refractivity contribution >= 4 is 29.7 Å². The molecule has 0 spiro atoms. The van der Waals surface area contributed by atoms with Crippen molar-refractivity contribution < 1.29 is 87.0 Å². The Morgan fingerprint density at radius 1 is 0.661 bits per heavy atom. The molecule has 0 radical (unpaired) electrons. The predicted octanol–water partition coefficient (Wildman–Crippen LogP) is 0.290. The second kappa shape index (κ2) is 23.9. The first-order chi connectivity index (χ1) is 27.9. The average molecular weight is 843 g/mol. The number of phenolic OH excluding ortho intramolecular Hbond substituents is 1. The lowest BCUT2D eigenvalue weighted by Crippen LogP contribution is -2.62. The Kier molecular flexibility index (Phi) is 19.4. The van der Waals surface area contributed by atoms with Crippen LogP contribution in [-0.4, -0.2) is 137 Å². The molecule has 1 aliphatic heterocycles. The molecule has 1 fully saturated rings. The highest BCUT2D eigenvalue weighted by atomic mass is 16.7. The van der Waals surface area contributed by atoms with E-state index >= 15 is 0 Å². The van der Waals surface area contributed by atoms with Crippen molar-refractivity contribution in [2.24, 2.45) is 0 Å². The van der Waals surface area contributed by atoms with E-state index in [1.54, 1.807) is 30.3 Å². The molecule has 26 nitrogen and oxygen atoms in total. The number of aromatic hydroxyl groups is 1. The van der Waals surface area contributed by atoms with E-state index in [-0.39, 0.29) is 22.8 Å². The van der Waals surface area contributed by atoms with Crippen molar-refractivity contribution in [3.8, 4) is 17.2 Å². The number of ether oxygens (including phenoxy) is 7. The van der Waals surface area contributed by atoms with Gasteiger partial charge in [-0.1, -0.05) is 30.3 Å². The van der Waals surface area contributed by atoms with Crippen LogP contribution in [-0.2, 0) is 42.9 Å². The van der Waals surface area contributed by atoms with Crippen molar-refractivity contribution in [1.29, 1.82) is 0 Å². The molecular formula is C33H38N4O22. The van der Waals surface area contributed by atoms with Crippen molar-refractivity contribution in [2.75, 3.05) is 47.0 Å². The lowest BCUT2D eigenvalue weighted by molar-refractivity contribution is -0.479. The van der Waals surface area contributed by atoms with Crippen LogP contribution >= 0.6 is 0 Å². The van der Waals surface area contributed by atoms with Gasteiger partial charge in [0.05, 0.1) is 14.2 Å². The summed E-state index contributed by atoms with van der Waals surface area (Å²) >= 11 is 0. The van der Waals surface area contributed by atoms with Crippen LogP contribution in [0.5, 0.6) is 17.2 Å². The van der Waals surface area contributed by atoms with Gasteiger partial charge in [-0.25, -0.2) is 0 Å². The fraction of sp³-hybridized carbons (Fsp3) is 0.485. The second-order valence-electron chi connectivity index (χ2n) is 11.8. The molecule has 5 atom stereocenters. The van der Waals surface area contributed by atoms with Crippen LogP contribution in [0.1, 0.15) is 41.6 Å². The Hall–Kier alpha value is -7.09. The first-order valence-corrected chi connectivity index (χ1v) is 17.0. The van der Waals surface area contributed by atoms with Gasteiger partial charge in [-0.15, -0.1) is 0 Å². The summed E-state index contributed by atoms with van der Waals surface area (Å²) in [6, 6.07) is 11.7. The van der Waals surface area contributed by atoms with Crippen LogP contribution in [0.3, 0.4) is 0 Å². The molecule has 1 heterocycles. The summed E-state index contributed by atoms with van der Waals surface area (Å²) in [4.78, 5) is 99.6. The van der Waals surface area contributed by atoms with Gasteiger partial charge in [0.15, 0.2) is 24.6 Å². The number of phenols is 1. The molecule has 59 heavy (non-hydrogen) atoms. The number of nitrogens with zero attached hydrogens (tertiary/aromatic N) is 4. The van der Waals surface area contributed by atoms with E-state index in [2.05, 4.69) is 0 Å². The normalized spacial score (nSPS) is 18.1. The van der Waals surface area contributed by atoms with Crippen LogP contribution < -0.4 is 9.47 Å². The van der Waals surface area contributed by atoms with Crippen molar-refractivity contribution in [2.45, 2.75) is 56.4 Å². The lowest BCUT2D eigenvalue weighted by Gasteiger charge is -2.42. The number of esters is 4. The van der Waals surface area contributed by atoms with Crippen LogP contribution in [0.15, 0.2) is 42.5 Å². The summed E-state index contributed by atoms with van der Waals surface area (Å²) < 4.78 is 35.3. The molecule has 0 amide bonds. The highest BCUT2D eigenvalue weighted by Crippen LogP contribution is 2.35. The van der Waals surface area contributed by atoms with Crippen molar-refractivity contribution in [3.63, 3.8) is 0 Å². The van der Waals surface area contributed by atoms with E-state index in [0.29, 0.717) is 11.3 Å². The van der Waals surface area contributed by atoms with Gasteiger partial charge in [0, 0.05) is 37.4 Å². The fourth-order valence-corrected chi connectivity index (χ4v) is 4.86. The van der Waals surface area contributed by atoms with E-state index in [4.69, 9.17) is 33.2 Å². The average Bonchev–Trinajstić information content (AvgIpc) is 3.19. The molecule has 2 aromatic carbocycles. The quantitative estimate of drug-likeness (QED) is 0.0560. The highest BCUT2D eigenvalue weighted by molar-refractivity contribution is 6.12. The van der Waals surface area contributed by atoms with Crippen molar-refractivity contribution in [1.82, 2.24) is 0 Å². The minimum atomic E-state index is -2.22. The Labute approximate surface area is 331 Å². The number of ketones is 1. The summed E-state index contributed by atoms with van der Waals surface area (Å²) in [5.41, 5.74) is 0.621. The smallest absolute Gasteiger partial charge is 0.313 e. The van der Waals surface area contributed by atoms with Crippen LogP contribution in [0.2, 0.25) is 0 Å². The molecule has 0 saturated carbocycles. The van der Waals surface area contributed by atoms with Crippen LogP contribution in [0, 0.1) is 40.5 Å². The number of carbonyl (C=O) groups is 5. The molecule has 5 unspecified atom stereocenters. The van der Waals surface area contributed by atoms with Crippen LogP contribution in [0.25, 0.3) is 0 Å². The molecule has 1 saturated heterocycles. The molecule has 0 aromatic heterocycles. The molecule has 2 N–H and O–H groups in total. The number of methoxy groups -OCH3 is 2. The third-order valence-electron chi connectivity index (χ3n) is 7.59. The number of rotatable bonds is 21. The van der Waals surface area contributed by atoms with E-state index in [1.807, 2.05) is 6.07 Å². The van der Waals surface area contributed by atoms with Gasteiger partial charge in [-0.2, -0.15) is 0 Å². The summed E-state index contributed by atoms with van der Waals surface area (Å²) in [5, 5.41) is 62.7. The fourth-order valence-electron chi connectivity index (χ4n) is 4.86. The van der Waals surface area contributed by atoms with E-state index in [0.717, 1.165) is 0 Å². The molecule has 26 heteroatoms. The molecule has 3 rings (SSSR count). The topological polar surface area (TPSA) is 363 Å². The van der Waals surface area contributed by atoms with Gasteiger partial charge in [0.1, 0.15) is 61.2 Å². The zero-order chi connectivity index (χ0) is 44.2.